The molecule has 7 nitrogen and oxygen atoms in total. The van der Waals surface area contributed by atoms with E-state index in [2.05, 4.69) is 5.32 Å². The van der Waals surface area contributed by atoms with Crippen LogP contribution in [0, 0.1) is 0 Å². The van der Waals surface area contributed by atoms with E-state index in [0.29, 0.717) is 5.69 Å². The monoisotopic (exact) mass is 258 g/mol. The number of anilines is 2. The average molecular weight is 258 g/mol. The molecule has 0 aromatic heterocycles. The van der Waals surface area contributed by atoms with Crippen molar-refractivity contribution in [3.05, 3.63) is 18.2 Å². The Balaban J connectivity index is 2.95. The molecule has 1 amide bonds. The van der Waals surface area contributed by atoms with Crippen LogP contribution >= 0.6 is 0 Å². The minimum atomic E-state index is -3.87. The largest absolute Gasteiger partial charge is 0.399 e. The summed E-state index contributed by atoms with van der Waals surface area (Å²) in [5.41, 5.74) is 11.0. The molecule has 0 saturated carbocycles. The summed E-state index contributed by atoms with van der Waals surface area (Å²) in [6.45, 7) is 0.224. The molecule has 0 bridgehead atoms. The first-order valence-corrected chi connectivity index (χ1v) is 6.30. The maximum atomic E-state index is 11.3. The molecule has 0 radical (unpaired) electrons. The summed E-state index contributed by atoms with van der Waals surface area (Å²) in [6.07, 6.45) is 0.0917. The highest BCUT2D eigenvalue weighted by molar-refractivity contribution is 7.89. The van der Waals surface area contributed by atoms with Gasteiger partial charge in [-0.3, -0.25) is 4.79 Å². The number of benzene rings is 1. The molecule has 94 valence electrons. The van der Waals surface area contributed by atoms with Crippen LogP contribution in [-0.2, 0) is 14.8 Å². The number of hydrogen-bond donors (Lipinski definition) is 4. The number of rotatable bonds is 5. The van der Waals surface area contributed by atoms with Crippen molar-refractivity contribution in [2.45, 2.75) is 11.3 Å². The Bertz CT molecular complexity index is 527. The van der Waals surface area contributed by atoms with Crippen LogP contribution in [-0.4, -0.2) is 20.9 Å². The lowest BCUT2D eigenvalue weighted by Gasteiger charge is -2.10. The predicted octanol–water partition coefficient (Wildman–Crippen LogP) is -0.796. The molecule has 0 aliphatic rings. The average Bonchev–Trinajstić information content (AvgIpc) is 2.18. The fourth-order valence-corrected chi connectivity index (χ4v) is 1.99. The first kappa shape index (κ1) is 13.3. The minimum absolute atomic E-state index is 0.0917. The third-order valence-electron chi connectivity index (χ3n) is 2.00. The Labute approximate surface area is 99.0 Å². The number of primary sulfonamides is 1. The number of nitrogens with two attached hydrogens (primary N) is 3. The predicted molar refractivity (Wildman–Crippen MR) is 64.5 cm³/mol. The number of nitrogens with one attached hydrogen (secondary N) is 1. The minimum Gasteiger partial charge on any atom is -0.399 e. The highest BCUT2D eigenvalue weighted by Crippen LogP contribution is 2.22. The highest BCUT2D eigenvalue weighted by atomic mass is 32.2. The zero-order valence-electron chi connectivity index (χ0n) is 9.01. The molecule has 0 spiro atoms. The van der Waals surface area contributed by atoms with Gasteiger partial charge in [-0.1, -0.05) is 0 Å². The van der Waals surface area contributed by atoms with Crippen molar-refractivity contribution in [3.63, 3.8) is 0 Å². The van der Waals surface area contributed by atoms with Gasteiger partial charge in [-0.05, 0) is 18.2 Å². The lowest BCUT2D eigenvalue weighted by Crippen LogP contribution is -2.19. The van der Waals surface area contributed by atoms with E-state index in [4.69, 9.17) is 16.6 Å². The zero-order valence-corrected chi connectivity index (χ0v) is 9.83. The van der Waals surface area contributed by atoms with E-state index in [9.17, 15) is 13.2 Å². The summed E-state index contributed by atoms with van der Waals surface area (Å²) in [5, 5.41) is 7.81. The van der Waals surface area contributed by atoms with Gasteiger partial charge in [-0.2, -0.15) is 0 Å². The van der Waals surface area contributed by atoms with Crippen LogP contribution in [0.3, 0.4) is 0 Å². The zero-order chi connectivity index (χ0) is 13.1. The second kappa shape index (κ2) is 5.02. The summed E-state index contributed by atoms with van der Waals surface area (Å²) in [5.74, 6) is -0.481. The Morgan fingerprint density at radius 3 is 2.53 bits per heavy atom. The van der Waals surface area contributed by atoms with Crippen molar-refractivity contribution in [3.8, 4) is 0 Å². The second-order valence-corrected chi connectivity index (χ2v) is 4.97. The van der Waals surface area contributed by atoms with E-state index in [0.717, 1.165) is 0 Å². The van der Waals surface area contributed by atoms with Gasteiger partial charge in [0, 0.05) is 18.7 Å². The van der Waals surface area contributed by atoms with E-state index < -0.39 is 15.9 Å². The summed E-state index contributed by atoms with van der Waals surface area (Å²) in [4.78, 5) is 10.4. The third-order valence-corrected chi connectivity index (χ3v) is 2.95. The van der Waals surface area contributed by atoms with Crippen LogP contribution < -0.4 is 21.9 Å². The second-order valence-electron chi connectivity index (χ2n) is 3.44. The van der Waals surface area contributed by atoms with Crippen LogP contribution in [0.2, 0.25) is 0 Å². The molecule has 1 aromatic rings. The Kier molecular flexibility index (Phi) is 3.92. The standard InChI is InChI=1S/C9H14N4O3S/c10-6-1-2-7(13-4-3-9(11)14)8(5-6)17(12,15)16/h1-2,5,13H,3-4,10H2,(H2,11,14)(H2,12,15,16). The molecule has 8 heteroatoms. The Hall–Kier alpha value is -1.80. The van der Waals surface area contributed by atoms with E-state index >= 15 is 0 Å². The van der Waals surface area contributed by atoms with Crippen molar-refractivity contribution in [1.82, 2.24) is 0 Å². The smallest absolute Gasteiger partial charge is 0.240 e. The fraction of sp³-hybridized carbons (Fsp3) is 0.222. The number of carbonyl (C=O) groups is 1. The normalized spacial score (nSPS) is 11.1. The molecule has 0 unspecified atom stereocenters. The fourth-order valence-electron chi connectivity index (χ4n) is 1.24. The molecule has 0 aliphatic carbocycles. The van der Waals surface area contributed by atoms with Gasteiger partial charge in [-0.25, -0.2) is 13.6 Å². The number of carbonyl (C=O) groups excluding carboxylic acids is 1. The number of amides is 1. The van der Waals surface area contributed by atoms with E-state index in [1.807, 2.05) is 0 Å². The number of hydrogen-bond acceptors (Lipinski definition) is 5. The number of primary amides is 1. The van der Waals surface area contributed by atoms with Gasteiger partial charge in [0.2, 0.25) is 15.9 Å². The van der Waals surface area contributed by atoms with Crippen LogP contribution in [0.25, 0.3) is 0 Å². The van der Waals surface area contributed by atoms with Crippen molar-refractivity contribution >= 4 is 27.3 Å². The van der Waals surface area contributed by atoms with Crippen molar-refractivity contribution in [2.75, 3.05) is 17.6 Å². The molecular formula is C9H14N4O3S. The first-order chi connectivity index (χ1) is 7.80. The maximum Gasteiger partial charge on any atom is 0.240 e. The molecule has 0 aliphatic heterocycles. The summed E-state index contributed by atoms with van der Waals surface area (Å²) in [6, 6.07) is 4.26. The van der Waals surface area contributed by atoms with E-state index in [-0.39, 0.29) is 23.5 Å². The van der Waals surface area contributed by atoms with Crippen LogP contribution in [0.1, 0.15) is 6.42 Å². The molecule has 0 heterocycles. The SMILES string of the molecule is NC(=O)CCNc1ccc(N)cc1S(N)(=O)=O. The molecule has 17 heavy (non-hydrogen) atoms. The van der Waals surface area contributed by atoms with Crippen LogP contribution in [0.5, 0.6) is 0 Å². The van der Waals surface area contributed by atoms with Gasteiger partial charge < -0.3 is 16.8 Å². The van der Waals surface area contributed by atoms with Crippen LogP contribution in [0.4, 0.5) is 11.4 Å². The quantitative estimate of drug-likeness (QED) is 0.512. The molecule has 7 N–H and O–H groups in total. The molecular weight excluding hydrogens is 244 g/mol. The summed E-state index contributed by atoms with van der Waals surface area (Å²) in [7, 11) is -3.87. The van der Waals surface area contributed by atoms with Gasteiger partial charge in [0.25, 0.3) is 0 Å². The van der Waals surface area contributed by atoms with Crippen LogP contribution in [0.15, 0.2) is 23.1 Å². The third kappa shape index (κ3) is 3.93. The molecule has 1 aromatic carbocycles. The summed E-state index contributed by atoms with van der Waals surface area (Å²) < 4.78 is 22.6. The Morgan fingerprint density at radius 1 is 1.35 bits per heavy atom. The number of sulfonamides is 1. The molecule has 0 atom stereocenters. The topological polar surface area (TPSA) is 141 Å². The van der Waals surface area contributed by atoms with Gasteiger partial charge in [0.1, 0.15) is 4.90 Å². The summed E-state index contributed by atoms with van der Waals surface area (Å²) >= 11 is 0. The van der Waals surface area contributed by atoms with Crippen molar-refractivity contribution in [2.24, 2.45) is 10.9 Å². The number of nitrogen functional groups attached to an aromatic ring is 1. The maximum absolute atomic E-state index is 11.3. The lowest BCUT2D eigenvalue weighted by atomic mass is 10.2. The molecule has 0 fully saturated rings. The van der Waals surface area contributed by atoms with E-state index in [1.165, 1.54) is 18.2 Å². The van der Waals surface area contributed by atoms with E-state index in [1.54, 1.807) is 0 Å². The Morgan fingerprint density at radius 2 is 2.00 bits per heavy atom. The highest BCUT2D eigenvalue weighted by Gasteiger charge is 2.14. The van der Waals surface area contributed by atoms with Crippen molar-refractivity contribution in [1.29, 1.82) is 0 Å². The van der Waals surface area contributed by atoms with Gasteiger partial charge in [0.05, 0.1) is 5.69 Å². The van der Waals surface area contributed by atoms with Crippen molar-refractivity contribution < 1.29 is 13.2 Å². The molecule has 1 rings (SSSR count). The van der Waals surface area contributed by atoms with Gasteiger partial charge in [0.15, 0.2) is 0 Å². The molecule has 0 saturated heterocycles. The van der Waals surface area contributed by atoms with Gasteiger partial charge >= 0.3 is 0 Å². The lowest BCUT2D eigenvalue weighted by molar-refractivity contribution is -0.117. The van der Waals surface area contributed by atoms with Gasteiger partial charge in [-0.15, -0.1) is 0 Å². The first-order valence-electron chi connectivity index (χ1n) is 4.75.